The number of nitrogens with one attached hydrogen (secondary N) is 1. The van der Waals surface area contributed by atoms with E-state index in [9.17, 15) is 27.9 Å². The lowest BCUT2D eigenvalue weighted by molar-refractivity contribution is -0.274. The van der Waals surface area contributed by atoms with Crippen LogP contribution in [-0.4, -0.2) is 65.2 Å². The van der Waals surface area contributed by atoms with Gasteiger partial charge in [0.2, 0.25) is 5.91 Å². The molecular formula is C17H22F3N3O5. The molecule has 0 radical (unpaired) electrons. The second-order valence-electron chi connectivity index (χ2n) is 6.58. The first-order valence-electron chi connectivity index (χ1n) is 8.56. The maximum absolute atomic E-state index is 12.6. The van der Waals surface area contributed by atoms with Crippen LogP contribution in [0.5, 0.6) is 5.75 Å². The molecule has 156 valence electrons. The number of carbonyl (C=O) groups excluding carboxylic acids is 2. The molecule has 0 aromatic heterocycles. The van der Waals surface area contributed by atoms with Crippen molar-refractivity contribution < 1.29 is 37.8 Å². The first-order chi connectivity index (χ1) is 13.0. The van der Waals surface area contributed by atoms with Gasteiger partial charge in [-0.05, 0) is 31.2 Å². The van der Waals surface area contributed by atoms with E-state index < -0.39 is 30.2 Å². The predicted octanol–water partition coefficient (Wildman–Crippen LogP) is 1.12. The van der Waals surface area contributed by atoms with Crippen LogP contribution in [0.15, 0.2) is 24.3 Å². The van der Waals surface area contributed by atoms with Crippen molar-refractivity contribution >= 4 is 17.5 Å². The lowest BCUT2D eigenvalue weighted by atomic mass is 10.0. The normalized spacial score (nSPS) is 19.8. The first-order valence-corrected chi connectivity index (χ1v) is 8.56. The predicted molar refractivity (Wildman–Crippen MR) is 91.6 cm³/mol. The van der Waals surface area contributed by atoms with Crippen LogP contribution in [-0.2, 0) is 9.59 Å². The molecule has 0 spiro atoms. The molecule has 1 aliphatic rings. The minimum absolute atomic E-state index is 0.265. The third-order valence-electron chi connectivity index (χ3n) is 4.59. The SMILES string of the molecule is CC(C(=O)N1CCN(c2ccc(OC(F)(F)F)cc2)C[C@H]1C)C(O)C(=O)NO. The van der Waals surface area contributed by atoms with Gasteiger partial charge in [-0.3, -0.25) is 14.8 Å². The monoisotopic (exact) mass is 405 g/mol. The highest BCUT2D eigenvalue weighted by molar-refractivity contribution is 5.88. The van der Waals surface area contributed by atoms with Crippen molar-refractivity contribution in [2.45, 2.75) is 32.4 Å². The van der Waals surface area contributed by atoms with Crippen molar-refractivity contribution in [3.05, 3.63) is 24.3 Å². The van der Waals surface area contributed by atoms with Crippen molar-refractivity contribution in [1.29, 1.82) is 0 Å². The van der Waals surface area contributed by atoms with E-state index in [0.717, 1.165) is 0 Å². The summed E-state index contributed by atoms with van der Waals surface area (Å²) < 4.78 is 40.5. The fourth-order valence-corrected chi connectivity index (χ4v) is 3.07. The number of carbonyl (C=O) groups is 2. The van der Waals surface area contributed by atoms with Gasteiger partial charge in [-0.15, -0.1) is 13.2 Å². The summed E-state index contributed by atoms with van der Waals surface area (Å²) in [7, 11) is 0. The minimum atomic E-state index is -4.75. The first kappa shape index (κ1) is 21.8. The minimum Gasteiger partial charge on any atom is -0.406 e. The van der Waals surface area contributed by atoms with Gasteiger partial charge in [0.15, 0.2) is 0 Å². The number of ether oxygens (including phenoxy) is 1. The van der Waals surface area contributed by atoms with Crippen LogP contribution in [0, 0.1) is 5.92 Å². The maximum atomic E-state index is 12.6. The van der Waals surface area contributed by atoms with Crippen molar-refractivity contribution in [3.8, 4) is 5.75 Å². The Morgan fingerprint density at radius 3 is 2.36 bits per heavy atom. The standard InChI is InChI=1S/C17H22F3N3O5/c1-10-9-22(12-3-5-13(6-4-12)28-17(18,19)20)7-8-23(10)16(26)11(2)14(24)15(25)21-27/h3-6,10-11,14,24,27H,7-9H2,1-2H3,(H,21,25)/t10-,11?,14?/m1/s1. The van der Waals surface area contributed by atoms with E-state index in [4.69, 9.17) is 5.21 Å². The zero-order valence-corrected chi connectivity index (χ0v) is 15.3. The number of nitrogens with zero attached hydrogens (tertiary/aromatic N) is 2. The number of anilines is 1. The Balaban J connectivity index is 1.99. The van der Waals surface area contributed by atoms with Gasteiger partial charge in [-0.2, -0.15) is 0 Å². The summed E-state index contributed by atoms with van der Waals surface area (Å²) in [5, 5.41) is 18.4. The Hall–Kier alpha value is -2.53. The molecule has 0 aliphatic carbocycles. The van der Waals surface area contributed by atoms with Gasteiger partial charge in [-0.25, -0.2) is 5.48 Å². The molecule has 11 heteroatoms. The second-order valence-corrected chi connectivity index (χ2v) is 6.58. The van der Waals surface area contributed by atoms with Crippen molar-refractivity contribution in [1.82, 2.24) is 10.4 Å². The summed E-state index contributed by atoms with van der Waals surface area (Å²) in [5.41, 5.74) is 1.99. The number of aliphatic hydroxyl groups is 1. The quantitative estimate of drug-likeness (QED) is 0.501. The van der Waals surface area contributed by atoms with Crippen molar-refractivity contribution in [3.63, 3.8) is 0 Å². The molecule has 2 rings (SSSR count). The fourth-order valence-electron chi connectivity index (χ4n) is 3.07. The lowest BCUT2D eigenvalue weighted by Crippen LogP contribution is -2.57. The fraction of sp³-hybridized carbons (Fsp3) is 0.529. The Morgan fingerprint density at radius 2 is 1.86 bits per heavy atom. The molecule has 3 N–H and O–H groups in total. The zero-order valence-electron chi connectivity index (χ0n) is 15.3. The lowest BCUT2D eigenvalue weighted by Gasteiger charge is -2.42. The van der Waals surface area contributed by atoms with E-state index in [0.29, 0.717) is 25.3 Å². The molecule has 1 heterocycles. The van der Waals surface area contributed by atoms with Crippen LogP contribution in [0.3, 0.4) is 0 Å². The van der Waals surface area contributed by atoms with Crippen molar-refractivity contribution in [2.24, 2.45) is 5.92 Å². The number of halogens is 3. The Kier molecular flexibility index (Phi) is 6.73. The average molecular weight is 405 g/mol. The van der Waals surface area contributed by atoms with E-state index in [-0.39, 0.29) is 11.8 Å². The molecule has 1 aromatic carbocycles. The van der Waals surface area contributed by atoms with Crippen LogP contribution in [0.1, 0.15) is 13.8 Å². The van der Waals surface area contributed by atoms with Crippen LogP contribution in [0.4, 0.5) is 18.9 Å². The molecule has 28 heavy (non-hydrogen) atoms. The zero-order chi connectivity index (χ0) is 21.1. The Morgan fingerprint density at radius 1 is 1.25 bits per heavy atom. The highest BCUT2D eigenvalue weighted by atomic mass is 19.4. The number of rotatable bonds is 5. The topological polar surface area (TPSA) is 102 Å². The molecule has 0 bridgehead atoms. The largest absolute Gasteiger partial charge is 0.573 e. The van der Waals surface area contributed by atoms with Crippen LogP contribution >= 0.6 is 0 Å². The summed E-state index contributed by atoms with van der Waals surface area (Å²) in [5.74, 6) is -2.85. The second kappa shape index (κ2) is 8.65. The number of hydrogen-bond acceptors (Lipinski definition) is 6. The van der Waals surface area contributed by atoms with Gasteiger partial charge in [0, 0.05) is 31.4 Å². The van der Waals surface area contributed by atoms with Gasteiger partial charge in [0.25, 0.3) is 5.91 Å². The molecule has 2 amide bonds. The molecule has 8 nitrogen and oxygen atoms in total. The third-order valence-corrected chi connectivity index (χ3v) is 4.59. The van der Waals surface area contributed by atoms with Gasteiger partial charge in [0.05, 0.1) is 5.92 Å². The average Bonchev–Trinajstić information content (AvgIpc) is 2.64. The smallest absolute Gasteiger partial charge is 0.406 e. The van der Waals surface area contributed by atoms with Gasteiger partial charge in [-0.1, -0.05) is 6.92 Å². The van der Waals surface area contributed by atoms with Crippen LogP contribution in [0.25, 0.3) is 0 Å². The van der Waals surface area contributed by atoms with Gasteiger partial charge >= 0.3 is 6.36 Å². The van der Waals surface area contributed by atoms with Crippen LogP contribution < -0.4 is 15.1 Å². The maximum Gasteiger partial charge on any atom is 0.573 e. The number of hydroxylamine groups is 1. The molecule has 1 aliphatic heterocycles. The van der Waals surface area contributed by atoms with Crippen LogP contribution in [0.2, 0.25) is 0 Å². The molecular weight excluding hydrogens is 383 g/mol. The highest BCUT2D eigenvalue weighted by Crippen LogP contribution is 2.27. The third kappa shape index (κ3) is 5.26. The molecule has 1 fully saturated rings. The van der Waals surface area contributed by atoms with E-state index in [1.54, 1.807) is 6.92 Å². The number of aliphatic hydroxyl groups excluding tert-OH is 1. The number of benzene rings is 1. The Labute approximate surface area is 159 Å². The Bertz CT molecular complexity index is 698. The van der Waals surface area contributed by atoms with E-state index in [1.165, 1.54) is 41.6 Å². The summed E-state index contributed by atoms with van der Waals surface area (Å²) >= 11 is 0. The van der Waals surface area contributed by atoms with E-state index >= 15 is 0 Å². The number of piperazine rings is 1. The summed E-state index contributed by atoms with van der Waals surface area (Å²) in [4.78, 5) is 27.3. The number of amides is 2. The molecule has 1 aromatic rings. The van der Waals surface area contributed by atoms with Crippen molar-refractivity contribution in [2.75, 3.05) is 24.5 Å². The summed E-state index contributed by atoms with van der Waals surface area (Å²) in [6, 6.07) is 5.18. The highest BCUT2D eigenvalue weighted by Gasteiger charge is 2.35. The molecule has 1 saturated heterocycles. The summed E-state index contributed by atoms with van der Waals surface area (Å²) in [6.45, 7) is 4.32. The molecule has 2 unspecified atom stereocenters. The number of alkyl halides is 3. The molecule has 0 saturated carbocycles. The van der Waals surface area contributed by atoms with E-state index in [2.05, 4.69) is 4.74 Å². The van der Waals surface area contributed by atoms with E-state index in [1.807, 2.05) is 4.90 Å². The van der Waals surface area contributed by atoms with Gasteiger partial charge < -0.3 is 19.6 Å². The summed E-state index contributed by atoms with van der Waals surface area (Å²) in [6.07, 6.45) is -6.43. The molecule has 3 atom stereocenters. The van der Waals surface area contributed by atoms with Gasteiger partial charge in [0.1, 0.15) is 11.9 Å². The number of hydrogen-bond donors (Lipinski definition) is 3.